The number of hydrogen-bond donors (Lipinski definition) is 6. The Morgan fingerprint density at radius 3 is 1.32 bits per heavy atom. The Hall–Kier alpha value is -1.02. The topological polar surface area (TPSA) is 72.2 Å². The molecule has 6 nitrogen and oxygen atoms in total. The van der Waals surface area contributed by atoms with E-state index in [9.17, 15) is 0 Å². The second kappa shape index (κ2) is 21.8. The second-order valence-electron chi connectivity index (χ2n) is 11.7. The molecule has 2 saturated carbocycles. The number of benzene rings is 1. The summed E-state index contributed by atoms with van der Waals surface area (Å²) in [5.41, 5.74) is 2.77. The highest BCUT2D eigenvalue weighted by Gasteiger charge is 2.12. The summed E-state index contributed by atoms with van der Waals surface area (Å²) in [5.74, 6) is 0. The monoisotopic (exact) mass is 528 g/mol. The molecule has 0 radical (unpaired) electrons. The zero-order chi connectivity index (χ0) is 26.4. The summed E-state index contributed by atoms with van der Waals surface area (Å²) in [6.45, 7) is 10.8. The van der Waals surface area contributed by atoms with E-state index in [1.807, 2.05) is 0 Å². The highest BCUT2D eigenvalue weighted by atomic mass is 14.9. The van der Waals surface area contributed by atoms with Crippen LogP contribution in [0.4, 0.5) is 0 Å². The second-order valence-corrected chi connectivity index (χ2v) is 11.7. The molecule has 0 spiro atoms. The van der Waals surface area contributed by atoms with Gasteiger partial charge in [0.05, 0.1) is 0 Å². The minimum absolute atomic E-state index is 0.790. The van der Waals surface area contributed by atoms with E-state index in [0.29, 0.717) is 0 Å². The van der Waals surface area contributed by atoms with E-state index in [4.69, 9.17) is 0 Å². The SMILES string of the molecule is c1cc(CNCCCNCCCNC2CCCCC2)cc(CNCCCNCCCNC2CCCCC2)c1. The van der Waals surface area contributed by atoms with Gasteiger partial charge in [0.1, 0.15) is 0 Å². The summed E-state index contributed by atoms with van der Waals surface area (Å²) in [6.07, 6.45) is 18.9. The van der Waals surface area contributed by atoms with Crippen LogP contribution in [0.1, 0.15) is 101 Å². The van der Waals surface area contributed by atoms with Gasteiger partial charge in [0.25, 0.3) is 0 Å². The largest absolute Gasteiger partial charge is 0.317 e. The third-order valence-electron chi connectivity index (χ3n) is 8.20. The molecule has 0 amide bonds. The van der Waals surface area contributed by atoms with Gasteiger partial charge < -0.3 is 31.9 Å². The minimum atomic E-state index is 0.790. The van der Waals surface area contributed by atoms with Gasteiger partial charge in [-0.05, 0) is 115 Å². The highest BCUT2D eigenvalue weighted by molar-refractivity contribution is 5.23. The molecular formula is C32H60N6. The van der Waals surface area contributed by atoms with Crippen LogP contribution in [0.15, 0.2) is 24.3 Å². The third-order valence-corrected chi connectivity index (χ3v) is 8.20. The lowest BCUT2D eigenvalue weighted by Gasteiger charge is -2.22. The van der Waals surface area contributed by atoms with Crippen molar-refractivity contribution in [2.24, 2.45) is 0 Å². The van der Waals surface area contributed by atoms with Crippen LogP contribution in [0.2, 0.25) is 0 Å². The average molecular weight is 529 g/mol. The maximum Gasteiger partial charge on any atom is 0.0205 e. The van der Waals surface area contributed by atoms with Gasteiger partial charge in [0, 0.05) is 25.2 Å². The van der Waals surface area contributed by atoms with Gasteiger partial charge in [0.15, 0.2) is 0 Å². The van der Waals surface area contributed by atoms with Crippen LogP contribution >= 0.6 is 0 Å². The molecule has 3 rings (SSSR count). The first-order valence-electron chi connectivity index (χ1n) is 16.3. The molecule has 2 aliphatic carbocycles. The Morgan fingerprint density at radius 2 is 0.868 bits per heavy atom. The van der Waals surface area contributed by atoms with E-state index in [1.165, 1.54) is 101 Å². The van der Waals surface area contributed by atoms with Crippen molar-refractivity contribution in [1.82, 2.24) is 31.9 Å². The van der Waals surface area contributed by atoms with E-state index in [0.717, 1.165) is 77.5 Å². The van der Waals surface area contributed by atoms with E-state index < -0.39 is 0 Å². The van der Waals surface area contributed by atoms with Crippen molar-refractivity contribution >= 4 is 0 Å². The molecule has 6 N–H and O–H groups in total. The van der Waals surface area contributed by atoms with Crippen LogP contribution in [0, 0.1) is 0 Å². The Labute approximate surface area is 234 Å². The third kappa shape index (κ3) is 15.5. The quantitative estimate of drug-likeness (QED) is 0.125. The Balaban J connectivity index is 1.07. The zero-order valence-corrected chi connectivity index (χ0v) is 24.4. The van der Waals surface area contributed by atoms with Crippen LogP contribution < -0.4 is 31.9 Å². The van der Waals surface area contributed by atoms with Gasteiger partial charge in [-0.1, -0.05) is 62.8 Å². The molecule has 218 valence electrons. The van der Waals surface area contributed by atoms with Gasteiger partial charge in [0.2, 0.25) is 0 Å². The zero-order valence-electron chi connectivity index (χ0n) is 24.4. The fourth-order valence-electron chi connectivity index (χ4n) is 5.89. The van der Waals surface area contributed by atoms with Crippen LogP contribution in [0.3, 0.4) is 0 Å². The van der Waals surface area contributed by atoms with Gasteiger partial charge in [-0.3, -0.25) is 0 Å². The fraction of sp³-hybridized carbons (Fsp3) is 0.812. The van der Waals surface area contributed by atoms with E-state index >= 15 is 0 Å². The number of hydrogen-bond acceptors (Lipinski definition) is 6. The first kappa shape index (κ1) is 31.5. The summed E-state index contributed by atoms with van der Waals surface area (Å²) in [7, 11) is 0. The van der Waals surface area contributed by atoms with E-state index in [2.05, 4.69) is 56.2 Å². The van der Waals surface area contributed by atoms with Crippen LogP contribution in [-0.2, 0) is 13.1 Å². The van der Waals surface area contributed by atoms with Crippen molar-refractivity contribution in [1.29, 1.82) is 0 Å². The molecule has 0 bridgehead atoms. The standard InChI is InChI=1S/C32H60N6/c1-3-14-31(15-4-1)37-24-10-20-33-18-8-22-35-27-29-12-7-13-30(26-29)28-36-23-9-19-34-21-11-25-38-32-16-5-2-6-17-32/h7,12-13,26,31-38H,1-6,8-11,14-25,27-28H2. The van der Waals surface area contributed by atoms with Crippen LogP contribution in [-0.4, -0.2) is 64.4 Å². The maximum absolute atomic E-state index is 3.73. The van der Waals surface area contributed by atoms with E-state index in [1.54, 1.807) is 0 Å². The van der Waals surface area contributed by atoms with Crippen molar-refractivity contribution in [3.63, 3.8) is 0 Å². The molecule has 2 fully saturated rings. The molecule has 0 atom stereocenters. The molecule has 0 saturated heterocycles. The number of rotatable bonds is 22. The van der Waals surface area contributed by atoms with Crippen LogP contribution in [0.25, 0.3) is 0 Å². The molecular weight excluding hydrogens is 468 g/mol. The molecule has 1 aromatic carbocycles. The summed E-state index contributed by atoms with van der Waals surface area (Å²) in [5, 5.41) is 21.9. The van der Waals surface area contributed by atoms with Crippen molar-refractivity contribution in [2.45, 2.75) is 115 Å². The molecule has 38 heavy (non-hydrogen) atoms. The number of nitrogens with one attached hydrogen (secondary N) is 6. The van der Waals surface area contributed by atoms with Gasteiger partial charge in [-0.15, -0.1) is 0 Å². The molecule has 2 aliphatic rings. The van der Waals surface area contributed by atoms with Gasteiger partial charge >= 0.3 is 0 Å². The average Bonchev–Trinajstić information content (AvgIpc) is 2.96. The molecule has 0 heterocycles. The highest BCUT2D eigenvalue weighted by Crippen LogP contribution is 2.17. The summed E-state index contributed by atoms with van der Waals surface area (Å²) < 4.78 is 0. The predicted molar refractivity (Wildman–Crippen MR) is 164 cm³/mol. The molecule has 0 aliphatic heterocycles. The van der Waals surface area contributed by atoms with Gasteiger partial charge in [-0.2, -0.15) is 0 Å². The summed E-state index contributed by atoms with van der Waals surface area (Å²) in [4.78, 5) is 0. The van der Waals surface area contributed by atoms with Gasteiger partial charge in [-0.25, -0.2) is 0 Å². The summed E-state index contributed by atoms with van der Waals surface area (Å²) >= 11 is 0. The molecule has 0 unspecified atom stereocenters. The summed E-state index contributed by atoms with van der Waals surface area (Å²) in [6, 6.07) is 10.6. The Bertz CT molecular complexity index is 618. The van der Waals surface area contributed by atoms with Crippen molar-refractivity contribution in [3.8, 4) is 0 Å². The first-order valence-corrected chi connectivity index (χ1v) is 16.3. The van der Waals surface area contributed by atoms with E-state index in [-0.39, 0.29) is 0 Å². The fourth-order valence-corrected chi connectivity index (χ4v) is 5.89. The minimum Gasteiger partial charge on any atom is -0.317 e. The lowest BCUT2D eigenvalue weighted by atomic mass is 9.95. The van der Waals surface area contributed by atoms with Crippen molar-refractivity contribution in [3.05, 3.63) is 35.4 Å². The lowest BCUT2D eigenvalue weighted by Crippen LogP contribution is -2.33. The maximum atomic E-state index is 3.73. The molecule has 0 aromatic heterocycles. The van der Waals surface area contributed by atoms with Crippen molar-refractivity contribution in [2.75, 3.05) is 52.4 Å². The first-order chi connectivity index (χ1) is 18.9. The Morgan fingerprint density at radius 1 is 0.474 bits per heavy atom. The Kier molecular flexibility index (Phi) is 18.0. The molecule has 6 heteroatoms. The van der Waals surface area contributed by atoms with Crippen LogP contribution in [0.5, 0.6) is 0 Å². The van der Waals surface area contributed by atoms with Crippen molar-refractivity contribution < 1.29 is 0 Å². The normalized spacial score (nSPS) is 17.3. The lowest BCUT2D eigenvalue weighted by molar-refractivity contribution is 0.371. The molecule has 1 aromatic rings. The smallest absolute Gasteiger partial charge is 0.0205 e. The predicted octanol–water partition coefficient (Wildman–Crippen LogP) is 4.45.